The quantitative estimate of drug-likeness (QED) is 0.776. The van der Waals surface area contributed by atoms with Crippen LogP contribution in [0.4, 0.5) is 0 Å². The number of carbonyl (C=O) groups excluding carboxylic acids is 2. The molecule has 20 heavy (non-hydrogen) atoms. The number of nitrogens with two attached hydrogens (primary N) is 1. The van der Waals surface area contributed by atoms with Crippen molar-refractivity contribution in [3.8, 4) is 0 Å². The van der Waals surface area contributed by atoms with E-state index in [1.165, 1.54) is 0 Å². The summed E-state index contributed by atoms with van der Waals surface area (Å²) in [6.07, 6.45) is 3.32. The molecule has 2 amide bonds. The smallest absolute Gasteiger partial charge is 0.240 e. The predicted octanol–water partition coefficient (Wildman–Crippen LogP) is 1.30. The molecule has 1 aliphatic rings. The fraction of sp³-hybridized carbons (Fsp3) is 0.857. The van der Waals surface area contributed by atoms with Crippen molar-refractivity contribution in [2.75, 3.05) is 19.6 Å². The Labute approximate surface area is 128 Å². The fourth-order valence-electron chi connectivity index (χ4n) is 2.66. The fourth-order valence-corrected chi connectivity index (χ4v) is 2.66. The number of halogens is 1. The van der Waals surface area contributed by atoms with Gasteiger partial charge >= 0.3 is 0 Å². The number of rotatable bonds is 6. The highest BCUT2D eigenvalue weighted by Gasteiger charge is 2.27. The highest BCUT2D eigenvalue weighted by Crippen LogP contribution is 2.15. The molecule has 1 rings (SSSR count). The maximum Gasteiger partial charge on any atom is 0.240 e. The van der Waals surface area contributed by atoms with Crippen LogP contribution in [-0.4, -0.2) is 41.9 Å². The molecule has 0 bridgehead atoms. The maximum atomic E-state index is 12.1. The Kier molecular flexibility index (Phi) is 8.13. The van der Waals surface area contributed by atoms with E-state index in [1.807, 2.05) is 6.92 Å². The van der Waals surface area contributed by atoms with Crippen molar-refractivity contribution >= 4 is 24.2 Å². The molecule has 5 nitrogen and oxygen atoms in total. The minimum absolute atomic E-state index is 0. The molecule has 0 aromatic carbocycles. The topological polar surface area (TPSA) is 75.4 Å². The summed E-state index contributed by atoms with van der Waals surface area (Å²) in [7, 11) is 0. The van der Waals surface area contributed by atoms with Gasteiger partial charge in [-0.15, -0.1) is 12.4 Å². The van der Waals surface area contributed by atoms with Gasteiger partial charge in [0.1, 0.15) is 0 Å². The lowest BCUT2D eigenvalue weighted by molar-refractivity contribution is -0.138. The van der Waals surface area contributed by atoms with Crippen LogP contribution in [0.3, 0.4) is 0 Å². The van der Waals surface area contributed by atoms with Gasteiger partial charge in [-0.2, -0.15) is 0 Å². The number of nitrogens with one attached hydrogen (secondary N) is 1. The van der Waals surface area contributed by atoms with Gasteiger partial charge in [0.05, 0.1) is 6.54 Å². The molecule has 0 spiro atoms. The van der Waals surface area contributed by atoms with Crippen molar-refractivity contribution in [1.82, 2.24) is 10.2 Å². The maximum absolute atomic E-state index is 12.1. The van der Waals surface area contributed by atoms with Crippen LogP contribution >= 0.6 is 12.4 Å². The first-order chi connectivity index (χ1) is 8.86. The average Bonchev–Trinajstić information content (AvgIpc) is 2.31. The number of likely N-dealkylation sites (tertiary alicyclic amines) is 1. The molecule has 3 N–H and O–H groups in total. The Morgan fingerprint density at radius 2 is 2.10 bits per heavy atom. The van der Waals surface area contributed by atoms with Gasteiger partial charge in [-0.1, -0.05) is 13.8 Å². The van der Waals surface area contributed by atoms with Crippen molar-refractivity contribution in [2.24, 2.45) is 11.7 Å². The lowest BCUT2D eigenvalue weighted by Gasteiger charge is -2.33. The van der Waals surface area contributed by atoms with E-state index in [-0.39, 0.29) is 36.3 Å². The van der Waals surface area contributed by atoms with Crippen LogP contribution in [0, 0.1) is 5.92 Å². The van der Waals surface area contributed by atoms with E-state index < -0.39 is 0 Å². The van der Waals surface area contributed by atoms with Gasteiger partial charge in [-0.25, -0.2) is 0 Å². The summed E-state index contributed by atoms with van der Waals surface area (Å²) in [5.74, 6) is 0.439. The molecule has 0 aromatic heterocycles. The second kappa shape index (κ2) is 8.47. The standard InChI is InChI=1S/C14H27N3O2.ClH/c1-11(2)8-14(3,10-15)16-12(18)9-17-7-5-4-6-13(17)19;/h11H,4-10,15H2,1-3H3,(H,16,18);1H. The summed E-state index contributed by atoms with van der Waals surface area (Å²) in [6, 6.07) is 0. The second-order valence-corrected chi connectivity index (χ2v) is 6.18. The molecule has 1 unspecified atom stereocenters. The number of amides is 2. The molecule has 1 atom stereocenters. The van der Waals surface area contributed by atoms with Crippen LogP contribution in [0.5, 0.6) is 0 Å². The normalized spacial score (nSPS) is 18.4. The molecular formula is C14H28ClN3O2. The first-order valence-electron chi connectivity index (χ1n) is 7.15. The van der Waals surface area contributed by atoms with Crippen LogP contribution in [0.25, 0.3) is 0 Å². The van der Waals surface area contributed by atoms with Gasteiger partial charge in [0.2, 0.25) is 11.8 Å². The third-order valence-electron chi connectivity index (χ3n) is 3.51. The molecule has 0 saturated carbocycles. The molecule has 1 fully saturated rings. The van der Waals surface area contributed by atoms with Crippen LogP contribution < -0.4 is 11.1 Å². The molecule has 118 valence electrons. The lowest BCUT2D eigenvalue weighted by atomic mass is 9.90. The first kappa shape index (κ1) is 19.2. The van der Waals surface area contributed by atoms with Crippen molar-refractivity contribution < 1.29 is 9.59 Å². The van der Waals surface area contributed by atoms with Crippen LogP contribution in [0.1, 0.15) is 46.5 Å². The second-order valence-electron chi connectivity index (χ2n) is 6.18. The summed E-state index contributed by atoms with van der Waals surface area (Å²) in [4.78, 5) is 25.4. The van der Waals surface area contributed by atoms with Gasteiger partial charge in [-0.05, 0) is 32.1 Å². The summed E-state index contributed by atoms with van der Waals surface area (Å²) in [6.45, 7) is 7.43. The molecule has 0 aliphatic carbocycles. The zero-order valence-corrected chi connectivity index (χ0v) is 13.6. The van der Waals surface area contributed by atoms with Crippen molar-refractivity contribution in [3.05, 3.63) is 0 Å². The molecule has 6 heteroatoms. The highest BCUT2D eigenvalue weighted by atomic mass is 35.5. The van der Waals surface area contributed by atoms with Gasteiger partial charge < -0.3 is 16.0 Å². The Balaban J connectivity index is 0.00000361. The van der Waals surface area contributed by atoms with Crippen LogP contribution in [0.15, 0.2) is 0 Å². The average molecular weight is 306 g/mol. The largest absolute Gasteiger partial charge is 0.348 e. The third kappa shape index (κ3) is 6.09. The van der Waals surface area contributed by atoms with E-state index in [9.17, 15) is 9.59 Å². The zero-order valence-electron chi connectivity index (χ0n) is 12.8. The number of hydrogen-bond donors (Lipinski definition) is 2. The summed E-state index contributed by atoms with van der Waals surface area (Å²) in [5, 5.41) is 2.98. The van der Waals surface area contributed by atoms with Crippen LogP contribution in [0.2, 0.25) is 0 Å². The van der Waals surface area contributed by atoms with Crippen LogP contribution in [-0.2, 0) is 9.59 Å². The van der Waals surface area contributed by atoms with Gasteiger partial charge in [0, 0.05) is 25.0 Å². The lowest BCUT2D eigenvalue weighted by Crippen LogP contribution is -2.55. The molecule has 0 aromatic rings. The molecular weight excluding hydrogens is 278 g/mol. The Hall–Kier alpha value is -0.810. The SMILES string of the molecule is CC(C)CC(C)(CN)NC(=O)CN1CCCCC1=O.Cl. The molecule has 0 radical (unpaired) electrons. The predicted molar refractivity (Wildman–Crippen MR) is 82.7 cm³/mol. The third-order valence-corrected chi connectivity index (χ3v) is 3.51. The van der Waals surface area contributed by atoms with E-state index in [0.717, 1.165) is 19.3 Å². The van der Waals surface area contributed by atoms with Crippen molar-refractivity contribution in [1.29, 1.82) is 0 Å². The Bertz CT molecular complexity index is 336. The summed E-state index contributed by atoms with van der Waals surface area (Å²) in [5.41, 5.74) is 5.38. The molecule has 1 saturated heterocycles. The molecule has 1 aliphatic heterocycles. The zero-order chi connectivity index (χ0) is 14.5. The van der Waals surface area contributed by atoms with Crippen molar-refractivity contribution in [2.45, 2.75) is 52.0 Å². The van der Waals surface area contributed by atoms with E-state index in [1.54, 1.807) is 4.90 Å². The minimum atomic E-state index is -0.385. The minimum Gasteiger partial charge on any atom is -0.348 e. The summed E-state index contributed by atoms with van der Waals surface area (Å²) >= 11 is 0. The Morgan fingerprint density at radius 1 is 1.45 bits per heavy atom. The van der Waals surface area contributed by atoms with E-state index in [4.69, 9.17) is 5.73 Å². The number of nitrogens with zero attached hydrogens (tertiary/aromatic N) is 1. The van der Waals surface area contributed by atoms with Gasteiger partial charge in [0.25, 0.3) is 0 Å². The van der Waals surface area contributed by atoms with Crippen molar-refractivity contribution in [3.63, 3.8) is 0 Å². The molecule has 1 heterocycles. The number of hydrogen-bond acceptors (Lipinski definition) is 3. The Morgan fingerprint density at radius 3 is 2.60 bits per heavy atom. The van der Waals surface area contributed by atoms with E-state index in [2.05, 4.69) is 19.2 Å². The van der Waals surface area contributed by atoms with Gasteiger partial charge in [0.15, 0.2) is 0 Å². The number of piperidine rings is 1. The number of carbonyl (C=O) groups is 2. The van der Waals surface area contributed by atoms with Gasteiger partial charge in [-0.3, -0.25) is 9.59 Å². The first-order valence-corrected chi connectivity index (χ1v) is 7.15. The summed E-state index contributed by atoms with van der Waals surface area (Å²) < 4.78 is 0. The monoisotopic (exact) mass is 305 g/mol. The van der Waals surface area contributed by atoms with E-state index in [0.29, 0.717) is 25.4 Å². The van der Waals surface area contributed by atoms with E-state index >= 15 is 0 Å². The highest BCUT2D eigenvalue weighted by molar-refractivity contribution is 5.85.